The normalized spacial score (nSPS) is 12.3. The molecule has 3 aromatic rings. The lowest BCUT2D eigenvalue weighted by molar-refractivity contribution is 0.100. The molecule has 0 fully saturated rings. The molecule has 2 aromatic carbocycles. The number of carbonyl (C=O) groups is 1. The van der Waals surface area contributed by atoms with Crippen molar-refractivity contribution in [2.75, 3.05) is 0 Å². The highest BCUT2D eigenvalue weighted by Crippen LogP contribution is 2.31. The number of hydrogen-bond donors (Lipinski definition) is 1. The number of rotatable bonds is 6. The van der Waals surface area contributed by atoms with Crippen molar-refractivity contribution in [3.8, 4) is 16.8 Å². The van der Waals surface area contributed by atoms with E-state index < -0.39 is 11.9 Å². The molecule has 0 aliphatic carbocycles. The molecule has 0 bridgehead atoms. The molecule has 1 amide bonds. The first-order valence-corrected chi connectivity index (χ1v) is 9.12. The molecule has 3 rings (SSSR count). The Bertz CT molecular complexity index is 962. The van der Waals surface area contributed by atoms with Gasteiger partial charge in [-0.3, -0.25) is 4.79 Å². The number of para-hydroxylation sites is 1. The molecule has 0 aliphatic heterocycles. The fourth-order valence-electron chi connectivity index (χ4n) is 3.54. The molecule has 0 saturated heterocycles. The summed E-state index contributed by atoms with van der Waals surface area (Å²) >= 11 is 0. The summed E-state index contributed by atoms with van der Waals surface area (Å²) in [6.07, 6.45) is 2.65. The molecule has 1 atom stereocenters. The maximum absolute atomic E-state index is 14.7. The quantitative estimate of drug-likeness (QED) is 0.673. The Labute approximate surface area is 158 Å². The molecule has 2 N–H and O–H groups in total. The van der Waals surface area contributed by atoms with Gasteiger partial charge in [0.25, 0.3) is 0 Å². The third-order valence-electron chi connectivity index (χ3n) is 4.69. The smallest absolute Gasteiger partial charge is 0.249 e. The first-order valence-electron chi connectivity index (χ1n) is 9.12. The zero-order valence-corrected chi connectivity index (χ0v) is 15.8. The first kappa shape index (κ1) is 18.8. The van der Waals surface area contributed by atoms with Crippen molar-refractivity contribution < 1.29 is 9.18 Å². The van der Waals surface area contributed by atoms with Crippen LogP contribution in [-0.4, -0.2) is 15.7 Å². The third kappa shape index (κ3) is 3.92. The van der Waals surface area contributed by atoms with Crippen molar-refractivity contribution in [3.05, 3.63) is 71.8 Å². The number of primary amides is 1. The van der Waals surface area contributed by atoms with E-state index in [-0.39, 0.29) is 11.1 Å². The van der Waals surface area contributed by atoms with Gasteiger partial charge in [0.1, 0.15) is 0 Å². The minimum Gasteiger partial charge on any atom is -0.366 e. The topological polar surface area (TPSA) is 60.9 Å². The zero-order chi connectivity index (χ0) is 19.6. The maximum Gasteiger partial charge on any atom is 0.249 e. The number of amides is 1. The summed E-state index contributed by atoms with van der Waals surface area (Å²) in [5.74, 6) is -0.353. The van der Waals surface area contributed by atoms with Crippen LogP contribution in [0.2, 0.25) is 0 Å². The van der Waals surface area contributed by atoms with Gasteiger partial charge in [0.05, 0.1) is 11.3 Å². The molecular formula is C22H24FN3O. The van der Waals surface area contributed by atoms with E-state index >= 15 is 0 Å². The van der Waals surface area contributed by atoms with E-state index in [4.69, 9.17) is 5.73 Å². The monoisotopic (exact) mass is 365 g/mol. The molecular weight excluding hydrogens is 341 g/mol. The SMILES string of the molecule is CC(C)CC(C)c1ccccc1-n1cc(-c2ccccc2C(N)=O)c(F)n1. The van der Waals surface area contributed by atoms with Gasteiger partial charge in [0.2, 0.25) is 11.9 Å². The number of benzene rings is 2. The second-order valence-corrected chi connectivity index (χ2v) is 7.28. The number of carbonyl (C=O) groups excluding carboxylic acids is 1. The molecule has 27 heavy (non-hydrogen) atoms. The average Bonchev–Trinajstić information content (AvgIpc) is 3.02. The Kier molecular flexibility index (Phi) is 5.40. The van der Waals surface area contributed by atoms with Crippen molar-refractivity contribution in [2.24, 2.45) is 11.7 Å². The Morgan fingerprint density at radius 1 is 1.07 bits per heavy atom. The molecule has 4 nitrogen and oxygen atoms in total. The lowest BCUT2D eigenvalue weighted by Crippen LogP contribution is -2.12. The van der Waals surface area contributed by atoms with Crippen LogP contribution in [0.5, 0.6) is 0 Å². The summed E-state index contributed by atoms with van der Waals surface area (Å²) in [5, 5.41) is 4.08. The van der Waals surface area contributed by atoms with Gasteiger partial charge in [0.15, 0.2) is 0 Å². The Morgan fingerprint density at radius 2 is 1.74 bits per heavy atom. The van der Waals surface area contributed by atoms with Gasteiger partial charge in [0, 0.05) is 17.3 Å². The fraction of sp³-hybridized carbons (Fsp3) is 0.273. The van der Waals surface area contributed by atoms with E-state index in [0.29, 0.717) is 17.4 Å². The summed E-state index contributed by atoms with van der Waals surface area (Å²) < 4.78 is 16.2. The largest absolute Gasteiger partial charge is 0.366 e. The van der Waals surface area contributed by atoms with Crippen molar-refractivity contribution in [1.82, 2.24) is 9.78 Å². The predicted octanol–water partition coefficient (Wildman–Crippen LogP) is 4.93. The van der Waals surface area contributed by atoms with Crippen LogP contribution in [0.1, 0.15) is 49.0 Å². The van der Waals surface area contributed by atoms with Gasteiger partial charge in [-0.15, -0.1) is 5.10 Å². The second kappa shape index (κ2) is 7.74. The molecule has 1 unspecified atom stereocenters. The molecule has 0 radical (unpaired) electrons. The second-order valence-electron chi connectivity index (χ2n) is 7.28. The van der Waals surface area contributed by atoms with Gasteiger partial charge >= 0.3 is 0 Å². The van der Waals surface area contributed by atoms with Crippen molar-refractivity contribution in [1.29, 1.82) is 0 Å². The molecule has 1 aromatic heterocycles. The van der Waals surface area contributed by atoms with E-state index in [1.165, 1.54) is 0 Å². The molecule has 0 saturated carbocycles. The van der Waals surface area contributed by atoms with Crippen LogP contribution < -0.4 is 5.73 Å². The molecule has 140 valence electrons. The van der Waals surface area contributed by atoms with Crippen LogP contribution in [0.3, 0.4) is 0 Å². The van der Waals surface area contributed by atoms with Gasteiger partial charge in [-0.1, -0.05) is 57.2 Å². The number of aromatic nitrogens is 2. The van der Waals surface area contributed by atoms with E-state index in [1.807, 2.05) is 18.2 Å². The van der Waals surface area contributed by atoms with Crippen LogP contribution in [0, 0.1) is 11.9 Å². The van der Waals surface area contributed by atoms with Crippen molar-refractivity contribution in [3.63, 3.8) is 0 Å². The fourth-order valence-corrected chi connectivity index (χ4v) is 3.54. The molecule has 1 heterocycles. The van der Waals surface area contributed by atoms with Gasteiger partial charge in [-0.05, 0) is 36.0 Å². The summed E-state index contributed by atoms with van der Waals surface area (Å²) in [4.78, 5) is 11.7. The average molecular weight is 365 g/mol. The molecule has 0 spiro atoms. The maximum atomic E-state index is 14.7. The van der Waals surface area contributed by atoms with E-state index in [2.05, 4.69) is 31.9 Å². The molecule has 5 heteroatoms. The van der Waals surface area contributed by atoms with Crippen LogP contribution >= 0.6 is 0 Å². The number of halogens is 1. The third-order valence-corrected chi connectivity index (χ3v) is 4.69. The number of nitrogens with two attached hydrogens (primary N) is 1. The summed E-state index contributed by atoms with van der Waals surface area (Å²) in [7, 11) is 0. The van der Waals surface area contributed by atoms with Crippen LogP contribution in [0.25, 0.3) is 16.8 Å². The summed E-state index contributed by atoms with van der Waals surface area (Å²) in [5.41, 5.74) is 8.38. The Hall–Kier alpha value is -2.95. The number of hydrogen-bond acceptors (Lipinski definition) is 2. The van der Waals surface area contributed by atoms with E-state index in [9.17, 15) is 9.18 Å². The number of nitrogens with zero attached hydrogens (tertiary/aromatic N) is 2. The summed E-state index contributed by atoms with van der Waals surface area (Å²) in [6.45, 7) is 6.54. The lowest BCUT2D eigenvalue weighted by atomic mass is 9.91. The Balaban J connectivity index is 2.08. The minimum absolute atomic E-state index is 0.260. The van der Waals surface area contributed by atoms with Crippen LogP contribution in [0.4, 0.5) is 4.39 Å². The van der Waals surface area contributed by atoms with Gasteiger partial charge in [-0.25, -0.2) is 4.68 Å². The van der Waals surface area contributed by atoms with Gasteiger partial charge < -0.3 is 5.73 Å². The zero-order valence-electron chi connectivity index (χ0n) is 15.8. The highest BCUT2D eigenvalue weighted by atomic mass is 19.1. The first-order chi connectivity index (χ1) is 12.9. The van der Waals surface area contributed by atoms with Crippen molar-refractivity contribution >= 4 is 5.91 Å². The molecule has 0 aliphatic rings. The van der Waals surface area contributed by atoms with Gasteiger partial charge in [-0.2, -0.15) is 4.39 Å². The van der Waals surface area contributed by atoms with Crippen molar-refractivity contribution in [2.45, 2.75) is 33.1 Å². The predicted molar refractivity (Wildman–Crippen MR) is 105 cm³/mol. The highest BCUT2D eigenvalue weighted by molar-refractivity contribution is 5.99. The minimum atomic E-state index is -0.630. The Morgan fingerprint density at radius 3 is 2.44 bits per heavy atom. The summed E-state index contributed by atoms with van der Waals surface area (Å²) in [6, 6.07) is 14.6. The highest BCUT2D eigenvalue weighted by Gasteiger charge is 2.19. The lowest BCUT2D eigenvalue weighted by Gasteiger charge is -2.18. The standard InChI is InChI=1S/C22H24FN3O/c1-14(2)12-15(3)16-8-6-7-11-20(16)26-13-19(21(23)25-26)17-9-4-5-10-18(17)22(24)27/h4-11,13-15H,12H2,1-3H3,(H2,24,27). The van der Waals surface area contributed by atoms with E-state index in [0.717, 1.165) is 17.7 Å². The van der Waals surface area contributed by atoms with E-state index in [1.54, 1.807) is 35.1 Å². The van der Waals surface area contributed by atoms with Crippen LogP contribution in [-0.2, 0) is 0 Å². The van der Waals surface area contributed by atoms with Crippen LogP contribution in [0.15, 0.2) is 54.7 Å².